The minimum atomic E-state index is 0.0156. The second kappa shape index (κ2) is 7.24. The van der Waals surface area contributed by atoms with Crippen molar-refractivity contribution in [2.75, 3.05) is 31.1 Å². The number of hydrogen-bond donors (Lipinski definition) is 1. The van der Waals surface area contributed by atoms with E-state index in [9.17, 15) is 9.59 Å². The molecule has 2 aliphatic rings. The van der Waals surface area contributed by atoms with Crippen molar-refractivity contribution in [3.63, 3.8) is 0 Å². The Hall–Kier alpha value is -2.04. The molecule has 0 saturated carbocycles. The normalized spacial score (nSPS) is 18.8. The Morgan fingerprint density at radius 2 is 1.75 bits per heavy atom. The van der Waals surface area contributed by atoms with Gasteiger partial charge in [0.2, 0.25) is 5.91 Å². The second-order valence-electron chi connectivity index (χ2n) is 6.97. The fourth-order valence-corrected chi connectivity index (χ4v) is 3.67. The van der Waals surface area contributed by atoms with Crippen LogP contribution in [-0.4, -0.2) is 48.9 Å². The van der Waals surface area contributed by atoms with Crippen LogP contribution < -0.4 is 10.2 Å². The molecule has 0 aromatic heterocycles. The largest absolute Gasteiger partial charge is 0.371 e. The Kier molecular flexibility index (Phi) is 5.07. The number of piperidine rings is 1. The summed E-state index contributed by atoms with van der Waals surface area (Å²) in [5, 5.41) is 3.18. The Bertz CT molecular complexity index is 615. The van der Waals surface area contributed by atoms with Gasteiger partial charge in [-0.25, -0.2) is 0 Å². The first-order chi connectivity index (χ1) is 11.5. The van der Waals surface area contributed by atoms with Gasteiger partial charge < -0.3 is 15.1 Å². The van der Waals surface area contributed by atoms with Crippen LogP contribution >= 0.6 is 0 Å². The van der Waals surface area contributed by atoms with Gasteiger partial charge in [-0.05, 0) is 44.7 Å². The lowest BCUT2D eigenvalue weighted by molar-refractivity contribution is -0.129. The summed E-state index contributed by atoms with van der Waals surface area (Å²) in [7, 11) is 0. The average molecular weight is 329 g/mol. The highest BCUT2D eigenvalue weighted by Crippen LogP contribution is 2.26. The molecule has 1 aromatic rings. The van der Waals surface area contributed by atoms with Gasteiger partial charge in [0.15, 0.2) is 0 Å². The van der Waals surface area contributed by atoms with Crippen molar-refractivity contribution in [3.05, 3.63) is 29.3 Å². The summed E-state index contributed by atoms with van der Waals surface area (Å²) in [6.07, 6.45) is 4.04. The molecule has 2 fully saturated rings. The summed E-state index contributed by atoms with van der Waals surface area (Å²) in [5.74, 6) is 0.136. The number of rotatable bonds is 3. The van der Waals surface area contributed by atoms with Crippen LogP contribution in [0.15, 0.2) is 18.2 Å². The molecule has 1 aromatic carbocycles. The number of aryl methyl sites for hydroxylation is 1. The lowest BCUT2D eigenvalue weighted by Gasteiger charge is -2.32. The van der Waals surface area contributed by atoms with Crippen molar-refractivity contribution in [1.82, 2.24) is 10.2 Å². The highest BCUT2D eigenvalue weighted by Gasteiger charge is 2.25. The number of nitrogens with zero attached hydrogens (tertiary/aromatic N) is 2. The van der Waals surface area contributed by atoms with Crippen molar-refractivity contribution in [2.45, 2.75) is 45.6 Å². The highest BCUT2D eigenvalue weighted by atomic mass is 16.2. The molecular formula is C19H27N3O2. The van der Waals surface area contributed by atoms with Crippen molar-refractivity contribution < 1.29 is 9.59 Å². The first-order valence-electron chi connectivity index (χ1n) is 8.96. The molecule has 0 atom stereocenters. The van der Waals surface area contributed by atoms with Gasteiger partial charge in [0.25, 0.3) is 5.91 Å². The minimum absolute atomic E-state index is 0.0156. The highest BCUT2D eigenvalue weighted by molar-refractivity contribution is 6.00. The maximum absolute atomic E-state index is 12.8. The van der Waals surface area contributed by atoms with Crippen molar-refractivity contribution in [3.8, 4) is 0 Å². The molecule has 0 unspecified atom stereocenters. The first kappa shape index (κ1) is 16.8. The predicted molar refractivity (Wildman–Crippen MR) is 95.4 cm³/mol. The molecule has 5 heteroatoms. The average Bonchev–Trinajstić information content (AvgIpc) is 3.09. The maximum atomic E-state index is 12.8. The molecule has 3 rings (SSSR count). The minimum Gasteiger partial charge on any atom is -0.371 e. The number of anilines is 1. The number of hydrogen-bond acceptors (Lipinski definition) is 3. The summed E-state index contributed by atoms with van der Waals surface area (Å²) in [6, 6.07) is 6.30. The van der Waals surface area contributed by atoms with Crippen LogP contribution in [-0.2, 0) is 4.79 Å². The van der Waals surface area contributed by atoms with Crippen LogP contribution in [0, 0.1) is 6.92 Å². The van der Waals surface area contributed by atoms with E-state index in [4.69, 9.17) is 0 Å². The molecule has 0 radical (unpaired) electrons. The predicted octanol–water partition coefficient (Wildman–Crippen LogP) is 2.34. The fourth-order valence-electron chi connectivity index (χ4n) is 3.67. The third-order valence-corrected chi connectivity index (χ3v) is 5.12. The van der Waals surface area contributed by atoms with Crippen molar-refractivity contribution in [2.24, 2.45) is 0 Å². The van der Waals surface area contributed by atoms with E-state index in [0.717, 1.165) is 55.8 Å². The van der Waals surface area contributed by atoms with E-state index in [2.05, 4.69) is 22.3 Å². The Balaban J connectivity index is 1.69. The van der Waals surface area contributed by atoms with Crippen LogP contribution in [0.25, 0.3) is 0 Å². The van der Waals surface area contributed by atoms with Crippen LogP contribution in [0.4, 0.5) is 5.69 Å². The number of amides is 2. The zero-order valence-electron chi connectivity index (χ0n) is 14.7. The smallest absolute Gasteiger partial charge is 0.253 e. The Labute approximate surface area is 144 Å². The summed E-state index contributed by atoms with van der Waals surface area (Å²) >= 11 is 0. The molecule has 5 nitrogen and oxygen atoms in total. The van der Waals surface area contributed by atoms with E-state index in [1.54, 1.807) is 6.92 Å². The molecule has 2 heterocycles. The lowest BCUT2D eigenvalue weighted by atomic mass is 10.0. The molecule has 1 N–H and O–H groups in total. The fraction of sp³-hybridized carbons (Fsp3) is 0.579. The number of carbonyl (C=O) groups excluding carboxylic acids is 2. The maximum Gasteiger partial charge on any atom is 0.253 e. The SMILES string of the molecule is CC(=O)N1CCC(NC(=O)c2cc(C)ccc2N2CCCC2)CC1. The molecule has 130 valence electrons. The van der Waals surface area contributed by atoms with Gasteiger partial charge in [-0.3, -0.25) is 9.59 Å². The molecule has 0 bridgehead atoms. The molecular weight excluding hydrogens is 302 g/mol. The van der Waals surface area contributed by atoms with E-state index in [1.165, 1.54) is 12.8 Å². The van der Waals surface area contributed by atoms with Gasteiger partial charge >= 0.3 is 0 Å². The second-order valence-corrected chi connectivity index (χ2v) is 6.97. The zero-order valence-corrected chi connectivity index (χ0v) is 14.7. The van der Waals surface area contributed by atoms with E-state index >= 15 is 0 Å². The van der Waals surface area contributed by atoms with E-state index in [-0.39, 0.29) is 17.9 Å². The quantitative estimate of drug-likeness (QED) is 0.926. The van der Waals surface area contributed by atoms with Crippen LogP contribution in [0.1, 0.15) is 48.5 Å². The number of benzene rings is 1. The van der Waals surface area contributed by atoms with E-state index in [0.29, 0.717) is 0 Å². The topological polar surface area (TPSA) is 52.7 Å². The van der Waals surface area contributed by atoms with Gasteiger partial charge in [0, 0.05) is 44.8 Å². The molecule has 2 aliphatic heterocycles. The third-order valence-electron chi connectivity index (χ3n) is 5.12. The lowest BCUT2D eigenvalue weighted by Crippen LogP contribution is -2.46. The van der Waals surface area contributed by atoms with E-state index < -0.39 is 0 Å². The molecule has 0 spiro atoms. The summed E-state index contributed by atoms with van der Waals surface area (Å²) in [6.45, 7) is 7.14. The summed E-state index contributed by atoms with van der Waals surface area (Å²) in [4.78, 5) is 28.4. The van der Waals surface area contributed by atoms with E-state index in [1.807, 2.05) is 17.9 Å². The monoisotopic (exact) mass is 329 g/mol. The van der Waals surface area contributed by atoms with Crippen LogP contribution in [0.3, 0.4) is 0 Å². The van der Waals surface area contributed by atoms with Gasteiger partial charge in [0.05, 0.1) is 5.56 Å². The summed E-state index contributed by atoms with van der Waals surface area (Å²) in [5.41, 5.74) is 2.94. The number of likely N-dealkylation sites (tertiary alicyclic amines) is 1. The van der Waals surface area contributed by atoms with Crippen molar-refractivity contribution in [1.29, 1.82) is 0 Å². The van der Waals surface area contributed by atoms with Gasteiger partial charge in [-0.2, -0.15) is 0 Å². The third kappa shape index (κ3) is 3.71. The standard InChI is InChI=1S/C19H27N3O2/c1-14-5-6-18(22-9-3-4-10-22)17(13-14)19(24)20-16-7-11-21(12-8-16)15(2)23/h5-6,13,16H,3-4,7-12H2,1-2H3,(H,20,24). The molecule has 2 saturated heterocycles. The van der Waals surface area contributed by atoms with Gasteiger partial charge in [0.1, 0.15) is 0 Å². The summed E-state index contributed by atoms with van der Waals surface area (Å²) < 4.78 is 0. The molecule has 2 amide bonds. The Morgan fingerprint density at radius 1 is 1.08 bits per heavy atom. The van der Waals surface area contributed by atoms with Crippen molar-refractivity contribution >= 4 is 17.5 Å². The van der Waals surface area contributed by atoms with Crippen LogP contribution in [0.5, 0.6) is 0 Å². The molecule has 0 aliphatic carbocycles. The van der Waals surface area contributed by atoms with Gasteiger partial charge in [-0.15, -0.1) is 0 Å². The first-order valence-corrected chi connectivity index (χ1v) is 8.96. The van der Waals surface area contributed by atoms with Gasteiger partial charge in [-0.1, -0.05) is 11.6 Å². The molecule has 24 heavy (non-hydrogen) atoms. The number of nitrogens with one attached hydrogen (secondary N) is 1. The Morgan fingerprint density at radius 3 is 2.38 bits per heavy atom. The zero-order chi connectivity index (χ0) is 17.1. The number of carbonyl (C=O) groups is 2. The van der Waals surface area contributed by atoms with Crippen LogP contribution in [0.2, 0.25) is 0 Å².